The van der Waals surface area contributed by atoms with E-state index in [4.69, 9.17) is 0 Å². The van der Waals surface area contributed by atoms with E-state index in [1.165, 1.54) is 23.6 Å². The highest BCUT2D eigenvalue weighted by Gasteiger charge is 2.30. The van der Waals surface area contributed by atoms with Crippen LogP contribution in [0, 0.1) is 16.0 Å². The van der Waals surface area contributed by atoms with E-state index in [1.54, 1.807) is 12.1 Å². The summed E-state index contributed by atoms with van der Waals surface area (Å²) in [6, 6.07) is 7.54. The van der Waals surface area contributed by atoms with E-state index in [-0.39, 0.29) is 39.7 Å². The van der Waals surface area contributed by atoms with Gasteiger partial charge in [-0.05, 0) is 36.4 Å². The third-order valence-electron chi connectivity index (χ3n) is 5.47. The summed E-state index contributed by atoms with van der Waals surface area (Å²) in [7, 11) is 0. The van der Waals surface area contributed by atoms with Gasteiger partial charge in [0.25, 0.3) is 5.69 Å². The van der Waals surface area contributed by atoms with Gasteiger partial charge in [-0.1, -0.05) is 25.3 Å². The van der Waals surface area contributed by atoms with Gasteiger partial charge in [0.15, 0.2) is 0 Å². The Labute approximate surface area is 171 Å². The van der Waals surface area contributed by atoms with Gasteiger partial charge < -0.3 is 10.4 Å². The Hall–Kier alpha value is -3.00. The van der Waals surface area contributed by atoms with Crippen LogP contribution in [0.3, 0.4) is 0 Å². The second-order valence-electron chi connectivity index (χ2n) is 7.28. The minimum Gasteiger partial charge on any atom is -0.505 e. The van der Waals surface area contributed by atoms with Crippen molar-refractivity contribution < 1.29 is 14.8 Å². The van der Waals surface area contributed by atoms with Crippen LogP contribution in [0.1, 0.15) is 48.6 Å². The number of carbonyl (C=O) groups is 1. The maximum atomic E-state index is 12.9. The average molecular weight is 411 g/mol. The van der Waals surface area contributed by atoms with Gasteiger partial charge in [0.1, 0.15) is 11.3 Å². The Kier molecular flexibility index (Phi) is 5.44. The molecular weight excluding hydrogens is 390 g/mol. The molecule has 1 aliphatic rings. The van der Waals surface area contributed by atoms with E-state index in [0.29, 0.717) is 0 Å². The van der Waals surface area contributed by atoms with E-state index in [9.17, 15) is 20.0 Å². The van der Waals surface area contributed by atoms with Crippen LogP contribution in [-0.4, -0.2) is 20.9 Å². The summed E-state index contributed by atoms with van der Waals surface area (Å²) < 4.78 is 0. The first-order valence-electron chi connectivity index (χ1n) is 9.65. The predicted molar refractivity (Wildman–Crippen MR) is 111 cm³/mol. The fourth-order valence-electron chi connectivity index (χ4n) is 3.98. The molecule has 0 saturated heterocycles. The van der Waals surface area contributed by atoms with Crippen LogP contribution >= 0.6 is 11.3 Å². The highest BCUT2D eigenvalue weighted by atomic mass is 32.1. The van der Waals surface area contributed by atoms with Crippen LogP contribution in [0.5, 0.6) is 5.75 Å². The van der Waals surface area contributed by atoms with Crippen LogP contribution in [0.25, 0.3) is 10.9 Å². The molecule has 0 spiro atoms. The number of phenolic OH excluding ortho intramolecular Hbond substituents is 1. The number of nitrogens with one attached hydrogen (secondary N) is 1. The zero-order valence-corrected chi connectivity index (χ0v) is 16.5. The minimum atomic E-state index is -0.672. The van der Waals surface area contributed by atoms with Crippen LogP contribution in [0.2, 0.25) is 0 Å². The lowest BCUT2D eigenvalue weighted by Gasteiger charge is -2.25. The molecule has 1 aliphatic carbocycles. The number of amides is 1. The second-order valence-corrected chi connectivity index (χ2v) is 8.26. The average Bonchev–Trinajstić information content (AvgIpc) is 3.28. The Morgan fingerprint density at radius 1 is 1.28 bits per heavy atom. The maximum absolute atomic E-state index is 12.9. The Balaban J connectivity index is 1.80. The maximum Gasteiger partial charge on any atom is 0.279 e. The molecule has 0 aliphatic heterocycles. The molecule has 2 N–H and O–H groups in total. The molecule has 150 valence electrons. The Morgan fingerprint density at radius 3 is 2.76 bits per heavy atom. The van der Waals surface area contributed by atoms with Gasteiger partial charge in [-0.25, -0.2) is 0 Å². The molecule has 1 amide bonds. The number of nitro groups is 1. The Bertz CT molecular complexity index is 1050. The van der Waals surface area contributed by atoms with Gasteiger partial charge >= 0.3 is 0 Å². The van der Waals surface area contributed by atoms with Crippen molar-refractivity contribution in [1.82, 2.24) is 10.3 Å². The number of benzene rings is 1. The number of rotatable bonds is 5. The molecule has 0 radical (unpaired) electrons. The van der Waals surface area contributed by atoms with Crippen molar-refractivity contribution >= 4 is 33.8 Å². The van der Waals surface area contributed by atoms with Crippen LogP contribution in [-0.2, 0) is 4.79 Å². The van der Waals surface area contributed by atoms with Gasteiger partial charge in [-0.15, -0.1) is 11.3 Å². The number of hydrogen-bond donors (Lipinski definition) is 2. The van der Waals surface area contributed by atoms with Crippen molar-refractivity contribution in [3.8, 4) is 5.75 Å². The number of pyridine rings is 1. The fourth-order valence-corrected chi connectivity index (χ4v) is 4.78. The molecule has 2 aromatic heterocycles. The summed E-state index contributed by atoms with van der Waals surface area (Å²) in [4.78, 5) is 29.1. The molecule has 1 atom stereocenters. The largest absolute Gasteiger partial charge is 0.505 e. The summed E-state index contributed by atoms with van der Waals surface area (Å²) in [6.45, 7) is 0. The number of fused-ring (bicyclic) bond motifs is 1. The summed E-state index contributed by atoms with van der Waals surface area (Å²) >= 11 is 1.43. The van der Waals surface area contributed by atoms with Gasteiger partial charge in [0, 0.05) is 28.6 Å². The summed E-state index contributed by atoms with van der Waals surface area (Å²) in [5.41, 5.74) is 0.300. The number of phenols is 1. The van der Waals surface area contributed by atoms with E-state index >= 15 is 0 Å². The summed E-state index contributed by atoms with van der Waals surface area (Å²) in [5, 5.41) is 27.8. The molecule has 0 bridgehead atoms. The molecule has 29 heavy (non-hydrogen) atoms. The van der Waals surface area contributed by atoms with Gasteiger partial charge in [-0.3, -0.25) is 19.9 Å². The van der Waals surface area contributed by atoms with Crippen LogP contribution in [0.15, 0.2) is 41.9 Å². The predicted octanol–water partition coefficient (Wildman–Crippen LogP) is 4.70. The highest BCUT2D eigenvalue weighted by molar-refractivity contribution is 7.10. The zero-order valence-electron chi connectivity index (χ0n) is 15.7. The monoisotopic (exact) mass is 411 g/mol. The fraction of sp³-hybridized carbons (Fsp3) is 0.333. The topological polar surface area (TPSA) is 105 Å². The molecule has 7 nitrogen and oxygen atoms in total. The summed E-state index contributed by atoms with van der Waals surface area (Å²) in [5.74, 6) is -0.290. The second kappa shape index (κ2) is 8.16. The van der Waals surface area contributed by atoms with Crippen molar-refractivity contribution in [2.75, 3.05) is 0 Å². The van der Waals surface area contributed by atoms with Gasteiger partial charge in [0.2, 0.25) is 5.91 Å². The molecule has 1 unspecified atom stereocenters. The lowest BCUT2D eigenvalue weighted by molar-refractivity contribution is -0.383. The quantitative estimate of drug-likeness (QED) is 0.468. The molecule has 1 saturated carbocycles. The molecule has 1 aromatic carbocycles. The van der Waals surface area contributed by atoms with E-state index in [0.717, 1.165) is 37.0 Å². The standard InChI is InChI=1S/C21H21N3O4S/c25-20-15(12-16(24(27)28)14-8-4-10-22-19(14)20)18(17-9-5-11-29-17)23-21(26)13-6-2-1-3-7-13/h4-5,8-13,18,25H,1-3,6-7H2,(H,23,26). The first-order valence-corrected chi connectivity index (χ1v) is 10.5. The molecule has 3 aromatic rings. The number of non-ortho nitro benzene ring substituents is 1. The van der Waals surface area contributed by atoms with Gasteiger partial charge in [0.05, 0.1) is 16.4 Å². The van der Waals surface area contributed by atoms with E-state index in [1.807, 2.05) is 17.5 Å². The Morgan fingerprint density at radius 2 is 2.07 bits per heavy atom. The lowest BCUT2D eigenvalue weighted by Crippen LogP contribution is -2.35. The van der Waals surface area contributed by atoms with E-state index in [2.05, 4.69) is 10.3 Å². The van der Waals surface area contributed by atoms with E-state index < -0.39 is 11.0 Å². The smallest absolute Gasteiger partial charge is 0.279 e. The van der Waals surface area contributed by atoms with Crippen molar-refractivity contribution in [2.24, 2.45) is 5.92 Å². The van der Waals surface area contributed by atoms with Crippen molar-refractivity contribution in [1.29, 1.82) is 0 Å². The first kappa shape index (κ1) is 19.3. The molecule has 1 fully saturated rings. The molecule has 8 heteroatoms. The van der Waals surface area contributed by atoms with Crippen LogP contribution < -0.4 is 5.32 Å². The highest BCUT2D eigenvalue weighted by Crippen LogP contribution is 2.40. The molecule has 4 rings (SSSR count). The molecular formula is C21H21N3O4S. The minimum absolute atomic E-state index is 0.0677. The van der Waals surface area contributed by atoms with Crippen molar-refractivity contribution in [2.45, 2.75) is 38.1 Å². The van der Waals surface area contributed by atoms with Crippen molar-refractivity contribution in [3.05, 3.63) is 62.5 Å². The zero-order chi connectivity index (χ0) is 20.4. The SMILES string of the molecule is O=C(NC(c1cccs1)c1cc([N+](=O)[O-])c2cccnc2c1O)C1CCCCC1. The normalized spacial score (nSPS) is 15.9. The number of aromatic nitrogens is 1. The van der Waals surface area contributed by atoms with Crippen LogP contribution in [0.4, 0.5) is 5.69 Å². The first-order chi connectivity index (χ1) is 14.1. The third-order valence-corrected chi connectivity index (χ3v) is 6.41. The molecule has 2 heterocycles. The summed E-state index contributed by atoms with van der Waals surface area (Å²) in [6.07, 6.45) is 6.36. The third kappa shape index (κ3) is 3.80. The lowest BCUT2D eigenvalue weighted by atomic mass is 9.88. The van der Waals surface area contributed by atoms with Crippen molar-refractivity contribution in [3.63, 3.8) is 0 Å². The number of hydrogen-bond acceptors (Lipinski definition) is 6. The number of aromatic hydroxyl groups is 1. The number of nitro benzene ring substituents is 1. The van der Waals surface area contributed by atoms with Gasteiger partial charge in [-0.2, -0.15) is 0 Å². The number of thiophene rings is 1. The number of nitrogens with zero attached hydrogens (tertiary/aromatic N) is 2. The number of carbonyl (C=O) groups excluding carboxylic acids is 1.